The smallest absolute Gasteiger partial charge is 0.238 e. The van der Waals surface area contributed by atoms with Crippen LogP contribution < -0.4 is 10.9 Å². The summed E-state index contributed by atoms with van der Waals surface area (Å²) >= 11 is 0. The van der Waals surface area contributed by atoms with Gasteiger partial charge in [0.25, 0.3) is 0 Å². The summed E-state index contributed by atoms with van der Waals surface area (Å²) in [7, 11) is -3.82. The maximum atomic E-state index is 13.2. The zero-order chi connectivity index (χ0) is 15.9. The fraction of sp³-hybridized carbons (Fsp3) is 0.0667. The van der Waals surface area contributed by atoms with Crippen LogP contribution in [0.25, 0.3) is 22.0 Å². The minimum Gasteiger partial charge on any atom is -0.360 e. The molecule has 0 saturated heterocycles. The molecule has 5 nitrogen and oxygen atoms in total. The van der Waals surface area contributed by atoms with Crippen molar-refractivity contribution in [1.29, 1.82) is 0 Å². The Morgan fingerprint density at radius 3 is 2.59 bits per heavy atom. The Labute approximate surface area is 126 Å². The highest BCUT2D eigenvalue weighted by molar-refractivity contribution is 7.89. The minimum atomic E-state index is -3.82. The van der Waals surface area contributed by atoms with Gasteiger partial charge in [-0.3, -0.25) is 0 Å². The second-order valence-electron chi connectivity index (χ2n) is 4.96. The molecule has 0 aliphatic rings. The molecule has 0 radical (unpaired) electrons. The number of aromatic nitrogens is 1. The molecule has 22 heavy (non-hydrogen) atoms. The molecule has 0 aliphatic carbocycles. The van der Waals surface area contributed by atoms with Crippen LogP contribution in [0.3, 0.4) is 0 Å². The van der Waals surface area contributed by atoms with Gasteiger partial charge in [-0.1, -0.05) is 6.07 Å². The third-order valence-corrected chi connectivity index (χ3v) is 4.55. The van der Waals surface area contributed by atoms with Crippen LogP contribution in [0.2, 0.25) is 0 Å². The Bertz CT molecular complexity index is 964. The molecule has 0 fully saturated rings. The molecule has 2 aromatic carbocycles. The van der Waals surface area contributed by atoms with Crippen LogP contribution in [-0.4, -0.2) is 13.4 Å². The van der Waals surface area contributed by atoms with E-state index in [9.17, 15) is 12.8 Å². The standard InChI is InChI=1S/C15H14FN3O2S/c16-11-2-3-12-13(8-19-14(12)6-11)9-1-4-15(22(18,20)21)10(5-9)7-17/h1-6,8,19H,7,17H2,(H2,18,20,21). The summed E-state index contributed by atoms with van der Waals surface area (Å²) in [5, 5.41) is 6.02. The fourth-order valence-electron chi connectivity index (χ4n) is 2.52. The molecule has 3 aromatic rings. The number of benzene rings is 2. The van der Waals surface area contributed by atoms with E-state index in [4.69, 9.17) is 10.9 Å². The zero-order valence-corrected chi connectivity index (χ0v) is 12.3. The van der Waals surface area contributed by atoms with Crippen LogP contribution in [0.1, 0.15) is 5.56 Å². The van der Waals surface area contributed by atoms with Crippen molar-refractivity contribution < 1.29 is 12.8 Å². The van der Waals surface area contributed by atoms with Crippen LogP contribution in [0.4, 0.5) is 4.39 Å². The summed E-state index contributed by atoms with van der Waals surface area (Å²) in [6, 6.07) is 9.24. The Morgan fingerprint density at radius 1 is 1.14 bits per heavy atom. The van der Waals surface area contributed by atoms with Crippen molar-refractivity contribution in [3.8, 4) is 11.1 Å². The molecule has 0 unspecified atom stereocenters. The first-order valence-corrected chi connectivity index (χ1v) is 8.07. The summed E-state index contributed by atoms with van der Waals surface area (Å²) in [5.41, 5.74) is 8.35. The van der Waals surface area contributed by atoms with Crippen molar-refractivity contribution in [1.82, 2.24) is 4.98 Å². The molecule has 5 N–H and O–H groups in total. The van der Waals surface area contributed by atoms with E-state index >= 15 is 0 Å². The van der Waals surface area contributed by atoms with Gasteiger partial charge in [0.15, 0.2) is 0 Å². The molecule has 0 spiro atoms. The Balaban J connectivity index is 2.19. The molecule has 1 aromatic heterocycles. The zero-order valence-electron chi connectivity index (χ0n) is 11.5. The number of aromatic amines is 1. The largest absolute Gasteiger partial charge is 0.360 e. The van der Waals surface area contributed by atoms with Crippen LogP contribution in [0.5, 0.6) is 0 Å². The second kappa shape index (κ2) is 5.20. The first-order valence-electron chi connectivity index (χ1n) is 6.53. The lowest BCUT2D eigenvalue weighted by Gasteiger charge is -2.08. The van der Waals surface area contributed by atoms with Crippen LogP contribution >= 0.6 is 0 Å². The number of rotatable bonds is 3. The molecule has 3 rings (SSSR count). The molecule has 7 heteroatoms. The molecule has 0 saturated carbocycles. The molecule has 0 atom stereocenters. The molecular formula is C15H14FN3O2S. The third-order valence-electron chi connectivity index (χ3n) is 3.54. The maximum Gasteiger partial charge on any atom is 0.238 e. The monoisotopic (exact) mass is 319 g/mol. The molecular weight excluding hydrogens is 305 g/mol. The number of halogens is 1. The predicted molar refractivity (Wildman–Crippen MR) is 83.0 cm³/mol. The van der Waals surface area contributed by atoms with Gasteiger partial charge >= 0.3 is 0 Å². The molecule has 0 amide bonds. The van der Waals surface area contributed by atoms with Gasteiger partial charge in [-0.15, -0.1) is 0 Å². The molecule has 114 valence electrons. The van der Waals surface area contributed by atoms with Crippen molar-refractivity contribution >= 4 is 20.9 Å². The minimum absolute atomic E-state index is 0.0182. The Kier molecular flexibility index (Phi) is 3.48. The average Bonchev–Trinajstić information content (AvgIpc) is 2.88. The van der Waals surface area contributed by atoms with E-state index in [0.29, 0.717) is 11.1 Å². The van der Waals surface area contributed by atoms with Gasteiger partial charge in [-0.2, -0.15) is 0 Å². The van der Waals surface area contributed by atoms with Crippen molar-refractivity contribution in [2.24, 2.45) is 10.9 Å². The highest BCUT2D eigenvalue weighted by Crippen LogP contribution is 2.31. The maximum absolute atomic E-state index is 13.2. The van der Waals surface area contributed by atoms with Gasteiger partial charge in [0.2, 0.25) is 10.0 Å². The van der Waals surface area contributed by atoms with Gasteiger partial charge in [-0.25, -0.2) is 17.9 Å². The normalized spacial score (nSPS) is 12.0. The van der Waals surface area contributed by atoms with Crippen molar-refractivity contribution in [2.45, 2.75) is 11.4 Å². The second-order valence-corrected chi connectivity index (χ2v) is 6.49. The molecule has 1 heterocycles. The first kappa shape index (κ1) is 14.7. The van der Waals surface area contributed by atoms with E-state index in [2.05, 4.69) is 4.98 Å². The van der Waals surface area contributed by atoms with Gasteiger partial charge in [-0.05, 0) is 41.5 Å². The van der Waals surface area contributed by atoms with E-state index in [1.807, 2.05) is 0 Å². The van der Waals surface area contributed by atoms with Gasteiger partial charge < -0.3 is 10.7 Å². The number of hydrogen-bond acceptors (Lipinski definition) is 3. The van der Waals surface area contributed by atoms with Crippen molar-refractivity contribution in [3.63, 3.8) is 0 Å². The highest BCUT2D eigenvalue weighted by atomic mass is 32.2. The summed E-state index contributed by atoms with van der Waals surface area (Å²) in [6.45, 7) is 0.0522. The van der Waals surface area contributed by atoms with Gasteiger partial charge in [0.05, 0.1) is 4.90 Å². The number of nitrogens with one attached hydrogen (secondary N) is 1. The van der Waals surface area contributed by atoms with Gasteiger partial charge in [0, 0.05) is 29.2 Å². The van der Waals surface area contributed by atoms with Gasteiger partial charge in [0.1, 0.15) is 5.82 Å². The van der Waals surface area contributed by atoms with Crippen LogP contribution in [0.15, 0.2) is 47.5 Å². The number of nitrogens with two attached hydrogens (primary N) is 2. The molecule has 0 aliphatic heterocycles. The van der Waals surface area contributed by atoms with Crippen molar-refractivity contribution in [2.75, 3.05) is 0 Å². The van der Waals surface area contributed by atoms with Crippen LogP contribution in [-0.2, 0) is 16.6 Å². The Hall–Kier alpha value is -2.22. The summed E-state index contributed by atoms with van der Waals surface area (Å²) in [6.07, 6.45) is 1.75. The lowest BCUT2D eigenvalue weighted by molar-refractivity contribution is 0.596. The van der Waals surface area contributed by atoms with E-state index < -0.39 is 10.0 Å². The van der Waals surface area contributed by atoms with E-state index in [1.54, 1.807) is 24.4 Å². The topological polar surface area (TPSA) is 102 Å². The number of fused-ring (bicyclic) bond motifs is 1. The van der Waals surface area contributed by atoms with E-state index in [1.165, 1.54) is 18.2 Å². The SMILES string of the molecule is NCc1cc(-c2c[nH]c3cc(F)ccc23)ccc1S(N)(=O)=O. The quantitative estimate of drug-likeness (QED) is 0.688. The number of primary sulfonamides is 1. The van der Waals surface area contributed by atoms with Crippen LogP contribution in [0, 0.1) is 5.82 Å². The highest BCUT2D eigenvalue weighted by Gasteiger charge is 2.15. The lowest BCUT2D eigenvalue weighted by Crippen LogP contribution is -2.16. The fourth-order valence-corrected chi connectivity index (χ4v) is 3.29. The summed E-state index contributed by atoms with van der Waals surface area (Å²) in [5.74, 6) is -0.326. The summed E-state index contributed by atoms with van der Waals surface area (Å²) < 4.78 is 36.3. The Morgan fingerprint density at radius 2 is 1.91 bits per heavy atom. The lowest BCUT2D eigenvalue weighted by atomic mass is 10.0. The third kappa shape index (κ3) is 2.50. The summed E-state index contributed by atoms with van der Waals surface area (Å²) in [4.78, 5) is 3.01. The number of H-pyrrole nitrogens is 1. The predicted octanol–water partition coefficient (Wildman–Crippen LogP) is 2.08. The number of hydrogen-bond donors (Lipinski definition) is 3. The molecule has 0 bridgehead atoms. The van der Waals surface area contributed by atoms with Crippen molar-refractivity contribution in [3.05, 3.63) is 54.0 Å². The van der Waals surface area contributed by atoms with E-state index in [-0.39, 0.29) is 17.3 Å². The number of sulfonamides is 1. The van der Waals surface area contributed by atoms with E-state index in [0.717, 1.165) is 16.5 Å². The first-order chi connectivity index (χ1) is 10.4. The average molecular weight is 319 g/mol.